The van der Waals surface area contributed by atoms with E-state index in [1.807, 2.05) is 18.2 Å². The monoisotopic (exact) mass is 219 g/mol. The van der Waals surface area contributed by atoms with Gasteiger partial charge in [-0.2, -0.15) is 0 Å². The van der Waals surface area contributed by atoms with Gasteiger partial charge >= 0.3 is 0 Å². The van der Waals surface area contributed by atoms with Crippen LogP contribution in [-0.2, 0) is 6.42 Å². The van der Waals surface area contributed by atoms with Crippen LogP contribution in [0, 0.1) is 0 Å². The van der Waals surface area contributed by atoms with Crippen LogP contribution in [-0.4, -0.2) is 17.3 Å². The number of rotatable bonds is 2. The Balaban J connectivity index is 1.90. The van der Waals surface area contributed by atoms with E-state index in [4.69, 9.17) is 10.5 Å². The normalized spacial score (nSPS) is 23.1. The molecule has 2 aliphatic rings. The largest absolute Gasteiger partial charge is 0.493 e. The highest BCUT2D eigenvalue weighted by Gasteiger charge is 2.45. The summed E-state index contributed by atoms with van der Waals surface area (Å²) in [5.74, 6) is 0.962. The molecule has 16 heavy (non-hydrogen) atoms. The molecule has 0 aromatic heterocycles. The lowest BCUT2D eigenvalue weighted by Crippen LogP contribution is -2.30. The predicted molar refractivity (Wildman–Crippen MR) is 61.4 cm³/mol. The van der Waals surface area contributed by atoms with E-state index in [1.54, 1.807) is 0 Å². The predicted octanol–water partition coefficient (Wildman–Crippen LogP) is 1.54. The molecule has 1 saturated carbocycles. The van der Waals surface area contributed by atoms with Crippen molar-refractivity contribution in [3.63, 3.8) is 0 Å². The minimum absolute atomic E-state index is 0.371. The van der Waals surface area contributed by atoms with Crippen molar-refractivity contribution in [2.24, 2.45) is 5.73 Å². The quantitative estimate of drug-likeness (QED) is 0.793. The van der Waals surface area contributed by atoms with Gasteiger partial charge in [-0.05, 0) is 48.9 Å². The van der Waals surface area contributed by atoms with E-state index in [-0.39, 0.29) is 5.54 Å². The van der Waals surface area contributed by atoms with Crippen LogP contribution < -0.4 is 10.5 Å². The molecule has 3 N–H and O–H groups in total. The fourth-order valence-electron chi connectivity index (χ4n) is 2.30. The van der Waals surface area contributed by atoms with Gasteiger partial charge in [0.1, 0.15) is 5.75 Å². The molecule has 3 nitrogen and oxygen atoms in total. The molecule has 1 aromatic carbocycles. The van der Waals surface area contributed by atoms with E-state index in [1.165, 1.54) is 5.56 Å². The molecule has 0 spiro atoms. The van der Waals surface area contributed by atoms with Crippen LogP contribution in [0.4, 0.5) is 0 Å². The minimum atomic E-state index is -0.528. The van der Waals surface area contributed by atoms with Crippen molar-refractivity contribution < 1.29 is 9.84 Å². The highest BCUT2D eigenvalue weighted by Crippen LogP contribution is 2.44. The van der Waals surface area contributed by atoms with Gasteiger partial charge < -0.3 is 15.6 Å². The molecule has 1 unspecified atom stereocenters. The third-order valence-electron chi connectivity index (χ3n) is 3.62. The molecule has 86 valence electrons. The van der Waals surface area contributed by atoms with Gasteiger partial charge in [-0.3, -0.25) is 0 Å². The van der Waals surface area contributed by atoms with E-state index in [9.17, 15) is 5.11 Å². The maximum atomic E-state index is 10.2. The summed E-state index contributed by atoms with van der Waals surface area (Å²) in [5, 5.41) is 10.2. The molecule has 1 heterocycles. The molecule has 0 bridgehead atoms. The zero-order valence-corrected chi connectivity index (χ0v) is 9.28. The first-order chi connectivity index (χ1) is 7.69. The van der Waals surface area contributed by atoms with Crippen molar-refractivity contribution in [1.82, 2.24) is 0 Å². The lowest BCUT2D eigenvalue weighted by atomic mass is 9.96. The summed E-state index contributed by atoms with van der Waals surface area (Å²) in [4.78, 5) is 0. The van der Waals surface area contributed by atoms with Crippen LogP contribution in [0.3, 0.4) is 0 Å². The van der Waals surface area contributed by atoms with Gasteiger partial charge in [-0.25, -0.2) is 0 Å². The number of hydrogen-bond donors (Lipinski definition) is 2. The van der Waals surface area contributed by atoms with Crippen LogP contribution in [0.5, 0.6) is 5.75 Å². The van der Waals surface area contributed by atoms with E-state index < -0.39 is 6.10 Å². The van der Waals surface area contributed by atoms with Gasteiger partial charge in [0.25, 0.3) is 0 Å². The molecule has 1 aliphatic carbocycles. The molecule has 0 saturated heterocycles. The Hall–Kier alpha value is -1.06. The molecule has 3 heteroatoms. The van der Waals surface area contributed by atoms with Gasteiger partial charge in [0.2, 0.25) is 0 Å². The molecule has 0 amide bonds. The summed E-state index contributed by atoms with van der Waals surface area (Å²) in [6.45, 7) is 0.801. The SMILES string of the molecule is NC1(C(O)c2ccc3c(c2)CCCO3)CC1. The smallest absolute Gasteiger partial charge is 0.122 e. The van der Waals surface area contributed by atoms with E-state index in [0.717, 1.165) is 43.6 Å². The second-order valence-corrected chi connectivity index (χ2v) is 4.95. The molecule has 1 aromatic rings. The van der Waals surface area contributed by atoms with Gasteiger partial charge in [-0.1, -0.05) is 6.07 Å². The van der Waals surface area contributed by atoms with Gasteiger partial charge in [0.15, 0.2) is 0 Å². The third-order valence-corrected chi connectivity index (χ3v) is 3.62. The zero-order chi connectivity index (χ0) is 11.2. The third kappa shape index (κ3) is 1.60. The van der Waals surface area contributed by atoms with Gasteiger partial charge in [0, 0.05) is 5.54 Å². The van der Waals surface area contributed by atoms with Gasteiger partial charge in [0.05, 0.1) is 12.7 Å². The molecule has 1 atom stereocenters. The summed E-state index contributed by atoms with van der Waals surface area (Å²) in [6.07, 6.45) is 3.40. The Morgan fingerprint density at radius 2 is 2.19 bits per heavy atom. The number of ether oxygens (including phenoxy) is 1. The molecule has 3 rings (SSSR count). The van der Waals surface area contributed by atoms with Crippen molar-refractivity contribution in [3.05, 3.63) is 29.3 Å². The molecular formula is C13H17NO2. The molecular weight excluding hydrogens is 202 g/mol. The maximum absolute atomic E-state index is 10.2. The number of fused-ring (bicyclic) bond motifs is 1. The Labute approximate surface area is 95.2 Å². The summed E-state index contributed by atoms with van der Waals surface area (Å²) < 4.78 is 5.55. The van der Waals surface area contributed by atoms with Crippen molar-refractivity contribution in [1.29, 1.82) is 0 Å². The number of benzene rings is 1. The van der Waals surface area contributed by atoms with Crippen LogP contribution in [0.25, 0.3) is 0 Å². The number of aliphatic hydroxyl groups excluding tert-OH is 1. The lowest BCUT2D eigenvalue weighted by molar-refractivity contribution is 0.135. The molecule has 0 radical (unpaired) electrons. The van der Waals surface area contributed by atoms with Crippen LogP contribution >= 0.6 is 0 Å². The van der Waals surface area contributed by atoms with E-state index in [2.05, 4.69) is 0 Å². The molecule has 1 aliphatic heterocycles. The van der Waals surface area contributed by atoms with Crippen LogP contribution in [0.15, 0.2) is 18.2 Å². The highest BCUT2D eigenvalue weighted by atomic mass is 16.5. The first-order valence-electron chi connectivity index (χ1n) is 5.92. The van der Waals surface area contributed by atoms with Crippen molar-refractivity contribution >= 4 is 0 Å². The average Bonchev–Trinajstić information content (AvgIpc) is 3.07. The standard InChI is InChI=1S/C13H17NO2/c14-13(5-6-13)12(15)10-3-4-11-9(8-10)2-1-7-16-11/h3-4,8,12,15H,1-2,5-7,14H2. The van der Waals surface area contributed by atoms with Crippen LogP contribution in [0.2, 0.25) is 0 Å². The number of nitrogens with two attached hydrogens (primary N) is 1. The lowest BCUT2D eigenvalue weighted by Gasteiger charge is -2.22. The topological polar surface area (TPSA) is 55.5 Å². The second kappa shape index (κ2) is 3.47. The summed E-state index contributed by atoms with van der Waals surface area (Å²) in [7, 11) is 0. The van der Waals surface area contributed by atoms with Crippen molar-refractivity contribution in [3.8, 4) is 5.75 Å². The van der Waals surface area contributed by atoms with Crippen molar-refractivity contribution in [2.45, 2.75) is 37.3 Å². The van der Waals surface area contributed by atoms with Crippen molar-refractivity contribution in [2.75, 3.05) is 6.61 Å². The Morgan fingerprint density at radius 3 is 2.94 bits per heavy atom. The fraction of sp³-hybridized carbons (Fsp3) is 0.538. The Kier molecular flexibility index (Phi) is 2.19. The minimum Gasteiger partial charge on any atom is -0.493 e. The summed E-state index contributed by atoms with van der Waals surface area (Å²) in [5.41, 5.74) is 7.78. The summed E-state index contributed by atoms with van der Waals surface area (Å²) in [6, 6.07) is 5.94. The molecule has 1 fully saturated rings. The fourth-order valence-corrected chi connectivity index (χ4v) is 2.30. The number of aryl methyl sites for hydroxylation is 1. The zero-order valence-electron chi connectivity index (χ0n) is 9.28. The number of aliphatic hydroxyl groups is 1. The second-order valence-electron chi connectivity index (χ2n) is 4.95. The summed E-state index contributed by atoms with van der Waals surface area (Å²) >= 11 is 0. The van der Waals surface area contributed by atoms with Crippen LogP contribution in [0.1, 0.15) is 36.5 Å². The number of hydrogen-bond acceptors (Lipinski definition) is 3. The average molecular weight is 219 g/mol. The van der Waals surface area contributed by atoms with E-state index in [0.29, 0.717) is 0 Å². The maximum Gasteiger partial charge on any atom is 0.122 e. The Bertz CT molecular complexity index is 412. The first kappa shape index (κ1) is 10.1. The highest BCUT2D eigenvalue weighted by molar-refractivity contribution is 5.40. The van der Waals surface area contributed by atoms with Gasteiger partial charge in [-0.15, -0.1) is 0 Å². The first-order valence-corrected chi connectivity index (χ1v) is 5.92. The Morgan fingerprint density at radius 1 is 1.38 bits per heavy atom. The van der Waals surface area contributed by atoms with E-state index >= 15 is 0 Å².